The van der Waals surface area contributed by atoms with Crippen LogP contribution in [0.2, 0.25) is 0 Å². The molecule has 2 rings (SSSR count). The molecule has 1 aromatic heterocycles. The molecule has 0 radical (unpaired) electrons. The van der Waals surface area contributed by atoms with Crippen LogP contribution in [-0.4, -0.2) is 43.3 Å². The second kappa shape index (κ2) is 7.83. The molecule has 0 unspecified atom stereocenters. The third-order valence-corrected chi connectivity index (χ3v) is 3.96. The van der Waals surface area contributed by atoms with Gasteiger partial charge in [-0.2, -0.15) is 0 Å². The number of nitrogens with zero attached hydrogens (tertiary/aromatic N) is 1. The van der Waals surface area contributed by atoms with Crippen LogP contribution in [0.5, 0.6) is 0 Å². The number of fused-ring (bicyclic) bond motifs is 1. The van der Waals surface area contributed by atoms with Crippen LogP contribution < -0.4 is 0 Å². The fourth-order valence-corrected chi connectivity index (χ4v) is 2.80. The van der Waals surface area contributed by atoms with Gasteiger partial charge in [-0.1, -0.05) is 0 Å². The first-order valence-corrected chi connectivity index (χ1v) is 7.89. The van der Waals surface area contributed by atoms with Crippen molar-refractivity contribution in [1.82, 2.24) is 4.57 Å². The molecule has 25 heavy (non-hydrogen) atoms. The summed E-state index contributed by atoms with van der Waals surface area (Å²) in [6.45, 7) is 4.08. The molecule has 1 aromatic carbocycles. The summed E-state index contributed by atoms with van der Waals surface area (Å²) in [7, 11) is 2.61. The van der Waals surface area contributed by atoms with E-state index in [0.717, 1.165) is 10.9 Å². The minimum atomic E-state index is -0.503. The zero-order chi connectivity index (χ0) is 18.6. The third kappa shape index (κ3) is 3.65. The normalized spacial score (nSPS) is 10.6. The Balaban J connectivity index is 2.54. The maximum Gasteiger partial charge on any atom is 0.354 e. The molecule has 1 heterocycles. The molecule has 0 fully saturated rings. The highest BCUT2D eigenvalue weighted by molar-refractivity contribution is 6.02. The molecule has 0 N–H and O–H groups in total. The van der Waals surface area contributed by atoms with Gasteiger partial charge in [-0.25, -0.2) is 9.59 Å². The molecule has 7 heteroatoms. The van der Waals surface area contributed by atoms with Crippen molar-refractivity contribution in [2.45, 2.75) is 26.8 Å². The van der Waals surface area contributed by atoms with Crippen LogP contribution in [0.1, 0.15) is 39.8 Å². The maximum atomic E-state index is 12.2. The number of carbonyl (C=O) groups is 3. The van der Waals surface area contributed by atoms with Gasteiger partial charge in [0.1, 0.15) is 5.69 Å². The predicted molar refractivity (Wildman–Crippen MR) is 90.6 cm³/mol. The summed E-state index contributed by atoms with van der Waals surface area (Å²) in [5.74, 6) is -1.30. The number of benzene rings is 1. The van der Waals surface area contributed by atoms with E-state index in [4.69, 9.17) is 14.2 Å². The monoisotopic (exact) mass is 347 g/mol. The van der Waals surface area contributed by atoms with Gasteiger partial charge in [0.15, 0.2) is 0 Å². The van der Waals surface area contributed by atoms with Crippen molar-refractivity contribution in [3.63, 3.8) is 0 Å². The highest BCUT2D eigenvalue weighted by atomic mass is 16.5. The number of methoxy groups -OCH3 is 2. The first-order valence-electron chi connectivity index (χ1n) is 7.89. The summed E-state index contributed by atoms with van der Waals surface area (Å²) in [6, 6.07) is 5.02. The van der Waals surface area contributed by atoms with E-state index in [1.54, 1.807) is 36.6 Å². The summed E-state index contributed by atoms with van der Waals surface area (Å²) >= 11 is 0. The third-order valence-electron chi connectivity index (χ3n) is 3.96. The molecular formula is C18H21NO6. The van der Waals surface area contributed by atoms with E-state index in [1.807, 2.05) is 0 Å². The maximum absolute atomic E-state index is 12.2. The molecule has 0 saturated heterocycles. The summed E-state index contributed by atoms with van der Waals surface area (Å²) in [6.07, 6.45) is 0.125. The van der Waals surface area contributed by atoms with Crippen molar-refractivity contribution >= 4 is 28.8 Å². The summed E-state index contributed by atoms with van der Waals surface area (Å²) < 4.78 is 16.3. The Bertz CT molecular complexity index is 821. The van der Waals surface area contributed by atoms with Crippen LogP contribution in [0.4, 0.5) is 0 Å². The Hall–Kier alpha value is -2.83. The number of aryl methyl sites for hydroxylation is 2. The van der Waals surface area contributed by atoms with Gasteiger partial charge in [0, 0.05) is 17.4 Å². The molecule has 0 aliphatic heterocycles. The van der Waals surface area contributed by atoms with Crippen molar-refractivity contribution in [2.75, 3.05) is 20.8 Å². The molecular weight excluding hydrogens is 326 g/mol. The highest BCUT2D eigenvalue weighted by Crippen LogP contribution is 2.28. The van der Waals surface area contributed by atoms with E-state index >= 15 is 0 Å². The van der Waals surface area contributed by atoms with E-state index < -0.39 is 11.9 Å². The van der Waals surface area contributed by atoms with Gasteiger partial charge in [-0.05, 0) is 37.6 Å². The van der Waals surface area contributed by atoms with E-state index in [2.05, 4.69) is 0 Å². The molecule has 0 spiro atoms. The van der Waals surface area contributed by atoms with Gasteiger partial charge in [0.05, 0.1) is 32.8 Å². The van der Waals surface area contributed by atoms with Gasteiger partial charge in [0.2, 0.25) is 0 Å². The second-order valence-corrected chi connectivity index (χ2v) is 5.40. The Kier molecular flexibility index (Phi) is 5.80. The van der Waals surface area contributed by atoms with Gasteiger partial charge in [0.25, 0.3) is 0 Å². The van der Waals surface area contributed by atoms with Crippen molar-refractivity contribution in [3.8, 4) is 0 Å². The smallest absolute Gasteiger partial charge is 0.354 e. The summed E-state index contributed by atoms with van der Waals surface area (Å²) in [5.41, 5.74) is 2.15. The molecule has 134 valence electrons. The number of hydrogen-bond donors (Lipinski definition) is 0. The SMILES string of the molecule is CCOC(=O)CCn1c(C(=O)OC)c(C)c2cc(C(=O)OC)ccc21. The molecule has 0 aliphatic carbocycles. The van der Waals surface area contributed by atoms with E-state index in [1.165, 1.54) is 14.2 Å². The Morgan fingerprint density at radius 1 is 1.08 bits per heavy atom. The van der Waals surface area contributed by atoms with Crippen LogP contribution in [0.3, 0.4) is 0 Å². The lowest BCUT2D eigenvalue weighted by Crippen LogP contribution is -2.15. The van der Waals surface area contributed by atoms with E-state index in [-0.39, 0.29) is 18.9 Å². The predicted octanol–water partition coefficient (Wildman–Crippen LogP) is 2.48. The minimum Gasteiger partial charge on any atom is -0.466 e. The van der Waals surface area contributed by atoms with Crippen molar-refractivity contribution < 1.29 is 28.6 Å². The van der Waals surface area contributed by atoms with Crippen LogP contribution >= 0.6 is 0 Å². The average molecular weight is 347 g/mol. The molecule has 0 aliphatic rings. The first-order chi connectivity index (χ1) is 11.9. The van der Waals surface area contributed by atoms with Crippen molar-refractivity contribution in [1.29, 1.82) is 0 Å². The molecule has 0 atom stereocenters. The largest absolute Gasteiger partial charge is 0.466 e. The number of esters is 3. The number of hydrogen-bond acceptors (Lipinski definition) is 6. The van der Waals surface area contributed by atoms with Gasteiger partial charge in [-0.3, -0.25) is 4.79 Å². The minimum absolute atomic E-state index is 0.125. The van der Waals surface area contributed by atoms with Gasteiger partial charge in [-0.15, -0.1) is 0 Å². The number of carbonyl (C=O) groups excluding carboxylic acids is 3. The molecule has 7 nitrogen and oxygen atoms in total. The van der Waals surface area contributed by atoms with Crippen LogP contribution in [0, 0.1) is 6.92 Å². The van der Waals surface area contributed by atoms with Crippen LogP contribution in [0.15, 0.2) is 18.2 Å². The molecule has 0 bridgehead atoms. The van der Waals surface area contributed by atoms with E-state index in [0.29, 0.717) is 23.4 Å². The van der Waals surface area contributed by atoms with Gasteiger partial charge >= 0.3 is 17.9 Å². The molecule has 2 aromatic rings. The van der Waals surface area contributed by atoms with Crippen LogP contribution in [-0.2, 0) is 25.5 Å². The quantitative estimate of drug-likeness (QED) is 0.590. The lowest BCUT2D eigenvalue weighted by Gasteiger charge is -2.10. The lowest BCUT2D eigenvalue weighted by atomic mass is 10.1. The van der Waals surface area contributed by atoms with Crippen molar-refractivity contribution in [2.24, 2.45) is 0 Å². The summed E-state index contributed by atoms with van der Waals surface area (Å²) in [5, 5.41) is 0.729. The first kappa shape index (κ1) is 18.5. The topological polar surface area (TPSA) is 83.8 Å². The molecule has 0 saturated carbocycles. The fraction of sp³-hybridized carbons (Fsp3) is 0.389. The van der Waals surface area contributed by atoms with Crippen molar-refractivity contribution in [3.05, 3.63) is 35.0 Å². The Morgan fingerprint density at radius 2 is 1.76 bits per heavy atom. The van der Waals surface area contributed by atoms with Crippen LogP contribution in [0.25, 0.3) is 10.9 Å². The number of rotatable bonds is 6. The lowest BCUT2D eigenvalue weighted by molar-refractivity contribution is -0.143. The number of ether oxygens (including phenoxy) is 3. The fourth-order valence-electron chi connectivity index (χ4n) is 2.80. The van der Waals surface area contributed by atoms with Gasteiger partial charge < -0.3 is 18.8 Å². The number of aromatic nitrogens is 1. The standard InChI is InChI=1S/C18H21NO6/c1-5-25-15(20)8-9-19-14-7-6-12(17(21)23-3)10-13(14)11(2)16(19)18(22)24-4/h6-7,10H,5,8-9H2,1-4H3. The zero-order valence-electron chi connectivity index (χ0n) is 14.8. The zero-order valence-corrected chi connectivity index (χ0v) is 14.8. The average Bonchev–Trinajstić information content (AvgIpc) is 2.90. The van der Waals surface area contributed by atoms with E-state index in [9.17, 15) is 14.4 Å². The summed E-state index contributed by atoms with van der Waals surface area (Å²) in [4.78, 5) is 35.7. The Labute approximate surface area is 145 Å². The highest BCUT2D eigenvalue weighted by Gasteiger charge is 2.22. The molecule has 0 amide bonds. The Morgan fingerprint density at radius 3 is 2.36 bits per heavy atom. The second-order valence-electron chi connectivity index (χ2n) is 5.40.